The largest absolute Gasteiger partial charge is 0.618 e. The summed E-state index contributed by atoms with van der Waals surface area (Å²) < 4.78 is 67.1. The molecule has 0 saturated heterocycles. The lowest BCUT2D eigenvalue weighted by atomic mass is 10.1. The number of nitrogens with two attached hydrogens (primary N) is 1. The maximum atomic E-state index is 14.9. The maximum absolute atomic E-state index is 14.9. The number of amides is 2. The molecule has 0 bridgehead atoms. The van der Waals surface area contributed by atoms with Gasteiger partial charge in [0.05, 0.1) is 17.8 Å². The number of nitrogens with one attached hydrogen (secondary N) is 1. The van der Waals surface area contributed by atoms with Gasteiger partial charge in [-0.3, -0.25) is 9.59 Å². The quantitative estimate of drug-likeness (QED) is 0.264. The number of rotatable bonds is 7. The van der Waals surface area contributed by atoms with E-state index in [1.165, 1.54) is 6.92 Å². The Morgan fingerprint density at radius 1 is 1.11 bits per heavy atom. The van der Waals surface area contributed by atoms with Gasteiger partial charge in [0.25, 0.3) is 11.6 Å². The van der Waals surface area contributed by atoms with Crippen molar-refractivity contribution in [1.82, 2.24) is 0 Å². The van der Waals surface area contributed by atoms with Gasteiger partial charge in [0, 0.05) is 17.7 Å². The van der Waals surface area contributed by atoms with Gasteiger partial charge in [-0.05, 0) is 31.2 Å². The molecule has 3 N–H and O–H groups in total. The predicted molar refractivity (Wildman–Crippen MR) is 118 cm³/mol. The first kappa shape index (κ1) is 26.3. The predicted octanol–water partition coefficient (Wildman–Crippen LogP) is 4.47. The Bertz CT molecular complexity index is 1350. The molecule has 36 heavy (non-hydrogen) atoms. The number of halogens is 5. The molecule has 0 radical (unpaired) electrons. The van der Waals surface area contributed by atoms with Crippen LogP contribution in [0.4, 0.5) is 23.2 Å². The summed E-state index contributed by atoms with van der Waals surface area (Å²) in [5.74, 6) is -4.70. The van der Waals surface area contributed by atoms with Crippen LogP contribution in [-0.4, -0.2) is 25.3 Å². The Hall–Kier alpha value is -4.26. The van der Waals surface area contributed by atoms with Crippen LogP contribution in [0.5, 0.6) is 23.0 Å². The molecule has 2 aromatic carbocycles. The number of pyridine rings is 1. The molecule has 0 spiro atoms. The van der Waals surface area contributed by atoms with E-state index in [-0.39, 0.29) is 33.2 Å². The summed E-state index contributed by atoms with van der Waals surface area (Å²) in [5.41, 5.74) is 4.17. The van der Waals surface area contributed by atoms with Crippen LogP contribution in [0.15, 0.2) is 42.6 Å². The van der Waals surface area contributed by atoms with Crippen molar-refractivity contribution in [2.45, 2.75) is 13.3 Å². The highest BCUT2D eigenvalue weighted by Crippen LogP contribution is 2.39. The Balaban J connectivity index is 2.00. The molecule has 0 fully saturated rings. The first-order valence-corrected chi connectivity index (χ1v) is 10.1. The van der Waals surface area contributed by atoms with Crippen molar-refractivity contribution in [2.75, 3.05) is 12.4 Å². The summed E-state index contributed by atoms with van der Waals surface area (Å²) in [6.45, 7) is 1.44. The molecule has 0 unspecified atom stereocenters. The van der Waals surface area contributed by atoms with E-state index in [9.17, 15) is 32.4 Å². The third kappa shape index (κ3) is 5.86. The van der Waals surface area contributed by atoms with Crippen molar-refractivity contribution in [3.8, 4) is 23.0 Å². The maximum Gasteiger partial charge on any atom is 0.573 e. The Labute approximate surface area is 205 Å². The molecule has 190 valence electrons. The second kappa shape index (κ2) is 10.2. The van der Waals surface area contributed by atoms with E-state index in [2.05, 4.69) is 10.1 Å². The van der Waals surface area contributed by atoms with Crippen LogP contribution < -0.4 is 30.0 Å². The number of nitrogens with zero attached hydrogens (tertiary/aromatic N) is 1. The van der Waals surface area contributed by atoms with Gasteiger partial charge in [0.1, 0.15) is 17.1 Å². The molecule has 3 rings (SSSR count). The van der Waals surface area contributed by atoms with Crippen LogP contribution >= 0.6 is 11.6 Å². The van der Waals surface area contributed by atoms with Gasteiger partial charge in [-0.25, -0.2) is 4.39 Å². The smallest absolute Gasteiger partial charge is 0.573 e. The number of alkyl halides is 3. The van der Waals surface area contributed by atoms with Gasteiger partial charge >= 0.3 is 12.3 Å². The van der Waals surface area contributed by atoms with Crippen LogP contribution in [0, 0.1) is 17.9 Å². The number of anilines is 1. The van der Waals surface area contributed by atoms with Crippen LogP contribution in [0.25, 0.3) is 0 Å². The zero-order valence-corrected chi connectivity index (χ0v) is 19.2. The summed E-state index contributed by atoms with van der Waals surface area (Å²) in [7, 11) is 1.15. The molecule has 0 atom stereocenters. The van der Waals surface area contributed by atoms with Crippen LogP contribution in [0.2, 0.25) is 5.02 Å². The number of aromatic nitrogens is 1. The van der Waals surface area contributed by atoms with Gasteiger partial charge in [-0.15, -0.1) is 13.2 Å². The summed E-state index contributed by atoms with van der Waals surface area (Å²) in [6, 6.07) is 6.11. The standard InChI is InChI=1S/C22H16ClF4N3O6/c1-10-9-30(33)14(20(28)31)8-13(10)29-21(32)18-16(6-4-12(23)19(18)24)35-15-5-3-11(7-17(15)34-2)36-22(25,26)27/h3-9H,1-2H3,(H2,28,31)(H,29,32). The van der Waals surface area contributed by atoms with Gasteiger partial charge in [-0.2, -0.15) is 4.73 Å². The molecule has 0 aliphatic rings. The lowest BCUT2D eigenvalue weighted by molar-refractivity contribution is -0.607. The van der Waals surface area contributed by atoms with E-state index in [1.807, 2.05) is 0 Å². The average Bonchev–Trinajstić information content (AvgIpc) is 2.77. The van der Waals surface area contributed by atoms with Gasteiger partial charge < -0.3 is 30.5 Å². The van der Waals surface area contributed by atoms with Crippen molar-refractivity contribution in [3.63, 3.8) is 0 Å². The topological polar surface area (TPSA) is 127 Å². The molecule has 1 aromatic heterocycles. The monoisotopic (exact) mass is 529 g/mol. The number of carbonyl (C=O) groups is 2. The molecule has 3 aromatic rings. The van der Waals surface area contributed by atoms with Gasteiger partial charge in [-0.1, -0.05) is 11.6 Å². The minimum atomic E-state index is -4.95. The fourth-order valence-corrected chi connectivity index (χ4v) is 3.16. The van der Waals surface area contributed by atoms with Crippen molar-refractivity contribution in [3.05, 3.63) is 75.5 Å². The molecule has 0 saturated carbocycles. The van der Waals surface area contributed by atoms with Crippen molar-refractivity contribution in [2.24, 2.45) is 5.73 Å². The Morgan fingerprint density at radius 3 is 2.39 bits per heavy atom. The molecule has 9 nitrogen and oxygen atoms in total. The molecular weight excluding hydrogens is 514 g/mol. The number of hydrogen-bond donors (Lipinski definition) is 2. The third-order valence-electron chi connectivity index (χ3n) is 4.63. The number of methoxy groups -OCH3 is 1. The third-order valence-corrected chi connectivity index (χ3v) is 4.92. The Kier molecular flexibility index (Phi) is 7.43. The van der Waals surface area contributed by atoms with Gasteiger partial charge in [0.2, 0.25) is 0 Å². The number of primary amides is 1. The lowest BCUT2D eigenvalue weighted by Gasteiger charge is -2.16. The number of benzene rings is 2. The van der Waals surface area contributed by atoms with Crippen molar-refractivity contribution in [1.29, 1.82) is 0 Å². The fraction of sp³-hybridized carbons (Fsp3) is 0.136. The summed E-state index contributed by atoms with van der Waals surface area (Å²) >= 11 is 5.83. The second-order valence-corrected chi connectivity index (χ2v) is 7.50. The molecular formula is C22H16ClF4N3O6. The lowest BCUT2D eigenvalue weighted by Crippen LogP contribution is -2.37. The van der Waals surface area contributed by atoms with E-state index < -0.39 is 46.0 Å². The summed E-state index contributed by atoms with van der Waals surface area (Å²) in [4.78, 5) is 24.5. The average molecular weight is 530 g/mol. The van der Waals surface area contributed by atoms with Gasteiger partial charge in [0.15, 0.2) is 23.5 Å². The van der Waals surface area contributed by atoms with Crippen LogP contribution in [0.1, 0.15) is 26.4 Å². The molecule has 0 aliphatic carbocycles. The molecule has 1 heterocycles. The highest BCUT2D eigenvalue weighted by molar-refractivity contribution is 6.31. The van der Waals surface area contributed by atoms with Crippen molar-refractivity contribution < 1.29 is 46.1 Å². The highest BCUT2D eigenvalue weighted by Gasteiger charge is 2.31. The number of ether oxygens (including phenoxy) is 3. The number of aryl methyl sites for hydroxylation is 1. The van der Waals surface area contributed by atoms with Crippen LogP contribution in [-0.2, 0) is 0 Å². The molecule has 0 aliphatic heterocycles. The van der Waals surface area contributed by atoms with E-state index in [4.69, 9.17) is 26.8 Å². The van der Waals surface area contributed by atoms with E-state index in [1.54, 1.807) is 0 Å². The zero-order valence-electron chi connectivity index (χ0n) is 18.4. The highest BCUT2D eigenvalue weighted by atomic mass is 35.5. The first-order valence-electron chi connectivity index (χ1n) is 9.75. The number of hydrogen-bond acceptors (Lipinski definition) is 6. The summed E-state index contributed by atoms with van der Waals surface area (Å²) in [5, 5.41) is 13.7. The van der Waals surface area contributed by atoms with E-state index in [0.717, 1.165) is 49.7 Å². The normalized spacial score (nSPS) is 11.1. The Morgan fingerprint density at radius 2 is 1.78 bits per heavy atom. The summed E-state index contributed by atoms with van der Waals surface area (Å²) in [6.07, 6.45) is -3.97. The van der Waals surface area contributed by atoms with E-state index >= 15 is 0 Å². The zero-order chi connectivity index (χ0) is 26.8. The SMILES string of the molecule is COc1cc(OC(F)(F)F)ccc1Oc1ccc(Cl)c(F)c1C(=O)Nc1cc(C(N)=O)[n+]([O-])cc1C. The minimum absolute atomic E-state index is 0.0301. The first-order chi connectivity index (χ1) is 16.8. The van der Waals surface area contributed by atoms with Crippen LogP contribution in [0.3, 0.4) is 0 Å². The molecule has 14 heteroatoms. The molecule has 2 amide bonds. The minimum Gasteiger partial charge on any atom is -0.618 e. The van der Waals surface area contributed by atoms with E-state index in [0.29, 0.717) is 0 Å². The fourth-order valence-electron chi connectivity index (χ4n) is 3.01. The number of carbonyl (C=O) groups excluding carboxylic acids is 2. The second-order valence-electron chi connectivity index (χ2n) is 7.10. The van der Waals surface area contributed by atoms with Crippen molar-refractivity contribution >= 4 is 29.1 Å².